The Morgan fingerprint density at radius 1 is 1.16 bits per heavy atom. The van der Waals surface area contributed by atoms with E-state index in [2.05, 4.69) is 35.7 Å². The molecule has 0 bridgehead atoms. The lowest BCUT2D eigenvalue weighted by Gasteiger charge is -2.25. The highest BCUT2D eigenvalue weighted by atomic mass is 16.2. The number of carbonyl (C=O) groups is 1. The molecule has 0 radical (unpaired) electrons. The number of hydrazine groups is 1. The molecule has 2 N–H and O–H groups in total. The molecule has 6 nitrogen and oxygen atoms in total. The molecular formula is C19H27N5O. The first kappa shape index (κ1) is 17.7. The Balaban J connectivity index is 1.58. The van der Waals surface area contributed by atoms with Crippen molar-refractivity contribution < 1.29 is 4.79 Å². The predicted octanol–water partition coefficient (Wildman–Crippen LogP) is 1.49. The van der Waals surface area contributed by atoms with Crippen LogP contribution in [0.15, 0.2) is 24.3 Å². The van der Waals surface area contributed by atoms with Crippen molar-refractivity contribution in [2.24, 2.45) is 5.92 Å². The highest BCUT2D eigenvalue weighted by Gasteiger charge is 2.33. The third-order valence-corrected chi connectivity index (χ3v) is 5.20. The molecular weight excluding hydrogens is 314 g/mol. The number of hydrogen-bond donors (Lipinski definition) is 2. The van der Waals surface area contributed by atoms with Gasteiger partial charge >= 0.3 is 0 Å². The summed E-state index contributed by atoms with van der Waals surface area (Å²) in [5, 5.41) is 8.92. The molecule has 134 valence electrons. The molecule has 25 heavy (non-hydrogen) atoms. The van der Waals surface area contributed by atoms with Gasteiger partial charge in [-0.15, -0.1) is 0 Å². The van der Waals surface area contributed by atoms with Crippen molar-refractivity contribution in [1.82, 2.24) is 15.8 Å². The van der Waals surface area contributed by atoms with Crippen LogP contribution in [0.1, 0.15) is 32.3 Å². The summed E-state index contributed by atoms with van der Waals surface area (Å²) in [6, 6.07) is 10.1. The van der Waals surface area contributed by atoms with Crippen molar-refractivity contribution in [1.29, 1.82) is 5.26 Å². The van der Waals surface area contributed by atoms with Gasteiger partial charge in [0.25, 0.3) is 0 Å². The van der Waals surface area contributed by atoms with E-state index in [1.807, 2.05) is 29.2 Å². The highest BCUT2D eigenvalue weighted by Crippen LogP contribution is 2.19. The fourth-order valence-electron chi connectivity index (χ4n) is 3.54. The summed E-state index contributed by atoms with van der Waals surface area (Å²) in [5.74, 6) is 0.721. The van der Waals surface area contributed by atoms with Gasteiger partial charge in [-0.2, -0.15) is 5.26 Å². The Kier molecular flexibility index (Phi) is 5.57. The maximum absolute atomic E-state index is 12.8. The van der Waals surface area contributed by atoms with Gasteiger partial charge in [-0.3, -0.25) is 10.2 Å². The third kappa shape index (κ3) is 4.12. The van der Waals surface area contributed by atoms with Gasteiger partial charge in [0.05, 0.1) is 11.6 Å². The van der Waals surface area contributed by atoms with Crippen LogP contribution in [0.4, 0.5) is 5.69 Å². The first-order chi connectivity index (χ1) is 12.1. The zero-order chi connectivity index (χ0) is 17.8. The number of benzene rings is 1. The average Bonchev–Trinajstić information content (AvgIpc) is 3.00. The molecule has 0 aliphatic carbocycles. The van der Waals surface area contributed by atoms with Crippen LogP contribution in [0.25, 0.3) is 0 Å². The van der Waals surface area contributed by atoms with E-state index in [9.17, 15) is 4.79 Å². The molecule has 2 heterocycles. The maximum Gasteiger partial charge on any atom is 0.241 e. The standard InChI is InChI=1S/C19H27N5O/c1-14(2)17-12-18(22-21-17)19(25)24-9-3-8-23(10-11-24)16-6-4-15(13-20)5-7-16/h4-7,14,17-18,21-22H,3,8-12H2,1-2H3. The fraction of sp³-hybridized carbons (Fsp3) is 0.579. The van der Waals surface area contributed by atoms with Crippen molar-refractivity contribution in [3.8, 4) is 6.07 Å². The second-order valence-electron chi connectivity index (χ2n) is 7.25. The van der Waals surface area contributed by atoms with Gasteiger partial charge < -0.3 is 9.80 Å². The van der Waals surface area contributed by atoms with E-state index in [1.54, 1.807) is 0 Å². The van der Waals surface area contributed by atoms with Crippen LogP contribution in [0.3, 0.4) is 0 Å². The quantitative estimate of drug-likeness (QED) is 0.871. The van der Waals surface area contributed by atoms with Crippen LogP contribution in [0, 0.1) is 17.2 Å². The molecule has 2 saturated heterocycles. The molecule has 0 saturated carbocycles. The lowest BCUT2D eigenvalue weighted by atomic mass is 9.99. The number of hydrogen-bond acceptors (Lipinski definition) is 5. The van der Waals surface area contributed by atoms with Crippen LogP contribution in [-0.2, 0) is 4.79 Å². The third-order valence-electron chi connectivity index (χ3n) is 5.20. The summed E-state index contributed by atoms with van der Waals surface area (Å²) < 4.78 is 0. The van der Waals surface area contributed by atoms with Crippen molar-refractivity contribution >= 4 is 11.6 Å². The van der Waals surface area contributed by atoms with Gasteiger partial charge in [-0.05, 0) is 43.0 Å². The minimum absolute atomic E-state index is 0.117. The van der Waals surface area contributed by atoms with Crippen LogP contribution in [0.5, 0.6) is 0 Å². The van der Waals surface area contributed by atoms with E-state index in [4.69, 9.17) is 5.26 Å². The molecule has 1 aromatic carbocycles. The monoisotopic (exact) mass is 341 g/mol. The molecule has 2 atom stereocenters. The smallest absolute Gasteiger partial charge is 0.241 e. The molecule has 3 rings (SSSR count). The first-order valence-corrected chi connectivity index (χ1v) is 9.13. The van der Waals surface area contributed by atoms with Gasteiger partial charge in [0.15, 0.2) is 0 Å². The minimum atomic E-state index is -0.117. The molecule has 0 aromatic heterocycles. The van der Waals surface area contributed by atoms with E-state index in [0.29, 0.717) is 17.5 Å². The van der Waals surface area contributed by atoms with Gasteiger partial charge in [0.1, 0.15) is 6.04 Å². The van der Waals surface area contributed by atoms with Gasteiger partial charge in [0.2, 0.25) is 5.91 Å². The van der Waals surface area contributed by atoms with Crippen LogP contribution in [-0.4, -0.2) is 49.1 Å². The Morgan fingerprint density at radius 2 is 1.92 bits per heavy atom. The number of nitriles is 1. The summed E-state index contributed by atoms with van der Waals surface area (Å²) in [6.07, 6.45) is 1.81. The summed E-state index contributed by atoms with van der Waals surface area (Å²) in [4.78, 5) is 17.1. The minimum Gasteiger partial charge on any atom is -0.370 e. The van der Waals surface area contributed by atoms with Crippen molar-refractivity contribution in [2.45, 2.75) is 38.8 Å². The number of rotatable bonds is 3. The normalized spacial score (nSPS) is 24.2. The van der Waals surface area contributed by atoms with Crippen molar-refractivity contribution in [3.05, 3.63) is 29.8 Å². The Hall–Kier alpha value is -2.10. The van der Waals surface area contributed by atoms with E-state index >= 15 is 0 Å². The van der Waals surface area contributed by atoms with E-state index in [0.717, 1.165) is 44.7 Å². The number of nitrogens with zero attached hydrogens (tertiary/aromatic N) is 3. The molecule has 6 heteroatoms. The Bertz CT molecular complexity index is 636. The SMILES string of the molecule is CC(C)C1CC(C(=O)N2CCCN(c3ccc(C#N)cc3)CC2)NN1. The molecule has 2 aliphatic heterocycles. The molecule has 1 aromatic rings. The highest BCUT2D eigenvalue weighted by molar-refractivity contribution is 5.82. The lowest BCUT2D eigenvalue weighted by Crippen LogP contribution is -2.47. The zero-order valence-corrected chi connectivity index (χ0v) is 15.0. The second kappa shape index (κ2) is 7.85. The van der Waals surface area contributed by atoms with E-state index in [-0.39, 0.29) is 11.9 Å². The number of carbonyl (C=O) groups excluding carboxylic acids is 1. The summed E-state index contributed by atoms with van der Waals surface area (Å²) in [7, 11) is 0. The summed E-state index contributed by atoms with van der Waals surface area (Å²) in [5.41, 5.74) is 8.22. The summed E-state index contributed by atoms with van der Waals surface area (Å²) >= 11 is 0. The Labute approximate surface area is 149 Å². The maximum atomic E-state index is 12.8. The number of nitrogens with one attached hydrogen (secondary N) is 2. The number of anilines is 1. The Morgan fingerprint density at radius 3 is 2.56 bits per heavy atom. The largest absolute Gasteiger partial charge is 0.370 e. The van der Waals surface area contributed by atoms with Crippen LogP contribution in [0.2, 0.25) is 0 Å². The molecule has 0 spiro atoms. The van der Waals surface area contributed by atoms with E-state index in [1.165, 1.54) is 0 Å². The number of amides is 1. The van der Waals surface area contributed by atoms with Crippen LogP contribution >= 0.6 is 0 Å². The second-order valence-corrected chi connectivity index (χ2v) is 7.25. The molecule has 2 fully saturated rings. The topological polar surface area (TPSA) is 71.4 Å². The first-order valence-electron chi connectivity index (χ1n) is 9.13. The van der Waals surface area contributed by atoms with Gasteiger partial charge in [0, 0.05) is 37.9 Å². The molecule has 2 aliphatic rings. The molecule has 2 unspecified atom stereocenters. The van der Waals surface area contributed by atoms with Crippen molar-refractivity contribution in [3.63, 3.8) is 0 Å². The van der Waals surface area contributed by atoms with Crippen molar-refractivity contribution in [2.75, 3.05) is 31.1 Å². The zero-order valence-electron chi connectivity index (χ0n) is 15.0. The predicted molar refractivity (Wildman–Crippen MR) is 97.9 cm³/mol. The van der Waals surface area contributed by atoms with Crippen LogP contribution < -0.4 is 15.8 Å². The van der Waals surface area contributed by atoms with E-state index < -0.39 is 0 Å². The van der Waals surface area contributed by atoms with Gasteiger partial charge in [-0.25, -0.2) is 5.43 Å². The summed E-state index contributed by atoms with van der Waals surface area (Å²) in [6.45, 7) is 7.65. The molecule has 1 amide bonds. The van der Waals surface area contributed by atoms with Gasteiger partial charge in [-0.1, -0.05) is 13.8 Å². The average molecular weight is 341 g/mol. The fourth-order valence-corrected chi connectivity index (χ4v) is 3.54. The lowest BCUT2D eigenvalue weighted by molar-refractivity contribution is -0.133.